The van der Waals surface area contributed by atoms with E-state index in [1.165, 1.54) is 24.8 Å². The SMILES string of the molecule is FC(F)(F)c1ccc(-n2cnc3c(-c4ccccc4)ncnc32)cc1. The molecule has 0 saturated heterocycles. The number of imidazole rings is 1. The average Bonchev–Trinajstić information content (AvgIpc) is 3.06. The lowest BCUT2D eigenvalue weighted by molar-refractivity contribution is -0.137. The maximum absolute atomic E-state index is 12.7. The number of fused-ring (bicyclic) bond motifs is 1. The predicted octanol–water partition coefficient (Wildman–Crippen LogP) is 4.50. The molecule has 0 aliphatic carbocycles. The molecule has 0 N–H and O–H groups in total. The van der Waals surface area contributed by atoms with Gasteiger partial charge < -0.3 is 0 Å². The Morgan fingerprint density at radius 2 is 1.52 bits per heavy atom. The van der Waals surface area contributed by atoms with Gasteiger partial charge in [0.2, 0.25) is 0 Å². The minimum absolute atomic E-state index is 0.536. The van der Waals surface area contributed by atoms with Crippen LogP contribution in [0.5, 0.6) is 0 Å². The molecule has 0 unspecified atom stereocenters. The van der Waals surface area contributed by atoms with Gasteiger partial charge >= 0.3 is 6.18 Å². The zero-order chi connectivity index (χ0) is 17.4. The maximum Gasteiger partial charge on any atom is 0.416 e. The highest BCUT2D eigenvalue weighted by molar-refractivity contribution is 5.87. The van der Waals surface area contributed by atoms with Crippen molar-refractivity contribution >= 4 is 11.2 Å². The summed E-state index contributed by atoms with van der Waals surface area (Å²) in [5.41, 5.74) is 2.56. The second-order valence-electron chi connectivity index (χ2n) is 5.42. The van der Waals surface area contributed by atoms with E-state index in [2.05, 4.69) is 15.0 Å². The van der Waals surface area contributed by atoms with Crippen LogP contribution in [0.4, 0.5) is 13.2 Å². The minimum Gasteiger partial charge on any atom is -0.283 e. The minimum atomic E-state index is -4.36. The third-order valence-electron chi connectivity index (χ3n) is 3.85. The van der Waals surface area contributed by atoms with Crippen molar-refractivity contribution in [3.05, 3.63) is 72.8 Å². The summed E-state index contributed by atoms with van der Waals surface area (Å²) in [6.07, 6.45) is -1.40. The second kappa shape index (κ2) is 5.70. The van der Waals surface area contributed by atoms with Crippen molar-refractivity contribution in [3.8, 4) is 16.9 Å². The molecule has 0 amide bonds. The van der Waals surface area contributed by atoms with Gasteiger partial charge in [0.25, 0.3) is 0 Å². The quantitative estimate of drug-likeness (QED) is 0.540. The van der Waals surface area contributed by atoms with Crippen LogP contribution in [0.15, 0.2) is 67.3 Å². The van der Waals surface area contributed by atoms with Crippen LogP contribution in [-0.4, -0.2) is 19.5 Å². The molecule has 0 radical (unpaired) electrons. The van der Waals surface area contributed by atoms with E-state index in [0.717, 1.165) is 17.7 Å². The summed E-state index contributed by atoms with van der Waals surface area (Å²) in [7, 11) is 0. The first-order chi connectivity index (χ1) is 12.0. The highest BCUT2D eigenvalue weighted by atomic mass is 19.4. The molecule has 2 aromatic carbocycles. The van der Waals surface area contributed by atoms with Crippen molar-refractivity contribution in [1.29, 1.82) is 0 Å². The summed E-state index contributed by atoms with van der Waals surface area (Å²) in [5.74, 6) is 0. The lowest BCUT2D eigenvalue weighted by Gasteiger charge is -2.08. The molecular weight excluding hydrogens is 329 g/mol. The largest absolute Gasteiger partial charge is 0.416 e. The van der Waals surface area contributed by atoms with E-state index < -0.39 is 11.7 Å². The Kier molecular flexibility index (Phi) is 3.49. The fourth-order valence-corrected chi connectivity index (χ4v) is 2.64. The standard InChI is InChI=1S/C18H11F3N4/c19-18(20,21)13-6-8-14(9-7-13)25-11-24-16-15(22-10-23-17(16)25)12-4-2-1-3-5-12/h1-11H. The molecule has 2 aromatic heterocycles. The van der Waals surface area contributed by atoms with Crippen molar-refractivity contribution in [2.24, 2.45) is 0 Å². The molecule has 0 aliphatic rings. The summed E-state index contributed by atoms with van der Waals surface area (Å²) in [6, 6.07) is 14.4. The van der Waals surface area contributed by atoms with Crippen molar-refractivity contribution in [2.45, 2.75) is 6.18 Å². The number of hydrogen-bond acceptors (Lipinski definition) is 3. The molecule has 0 saturated carbocycles. The number of aromatic nitrogens is 4. The van der Waals surface area contributed by atoms with Crippen LogP contribution in [0.3, 0.4) is 0 Å². The molecule has 7 heteroatoms. The van der Waals surface area contributed by atoms with E-state index in [1.807, 2.05) is 30.3 Å². The Morgan fingerprint density at radius 1 is 0.800 bits per heavy atom. The fraction of sp³-hybridized carbons (Fsp3) is 0.0556. The van der Waals surface area contributed by atoms with Gasteiger partial charge in [-0.3, -0.25) is 4.57 Å². The molecule has 0 atom stereocenters. The Bertz CT molecular complexity index is 1020. The van der Waals surface area contributed by atoms with Crippen molar-refractivity contribution < 1.29 is 13.2 Å². The van der Waals surface area contributed by atoms with E-state index in [0.29, 0.717) is 22.5 Å². The number of hydrogen-bond donors (Lipinski definition) is 0. The smallest absolute Gasteiger partial charge is 0.283 e. The average molecular weight is 340 g/mol. The zero-order valence-corrected chi connectivity index (χ0v) is 12.8. The van der Waals surface area contributed by atoms with Crippen LogP contribution in [0.2, 0.25) is 0 Å². The van der Waals surface area contributed by atoms with Crippen LogP contribution in [0.1, 0.15) is 5.56 Å². The summed E-state index contributed by atoms with van der Waals surface area (Å²) in [6.45, 7) is 0. The highest BCUT2D eigenvalue weighted by Crippen LogP contribution is 2.30. The molecule has 124 valence electrons. The molecule has 4 nitrogen and oxygen atoms in total. The van der Waals surface area contributed by atoms with Crippen LogP contribution >= 0.6 is 0 Å². The molecule has 25 heavy (non-hydrogen) atoms. The number of rotatable bonds is 2. The van der Waals surface area contributed by atoms with Gasteiger partial charge in [0.1, 0.15) is 23.9 Å². The lowest BCUT2D eigenvalue weighted by Crippen LogP contribution is -2.05. The lowest BCUT2D eigenvalue weighted by atomic mass is 10.1. The summed E-state index contributed by atoms with van der Waals surface area (Å²) in [5, 5.41) is 0. The van der Waals surface area contributed by atoms with E-state index in [1.54, 1.807) is 4.57 Å². The Balaban J connectivity index is 1.82. The third-order valence-corrected chi connectivity index (χ3v) is 3.85. The van der Waals surface area contributed by atoms with Crippen molar-refractivity contribution in [3.63, 3.8) is 0 Å². The molecule has 0 fully saturated rings. The molecule has 4 rings (SSSR count). The maximum atomic E-state index is 12.7. The van der Waals surface area contributed by atoms with E-state index in [9.17, 15) is 13.2 Å². The summed E-state index contributed by atoms with van der Waals surface area (Å²) in [4.78, 5) is 12.9. The van der Waals surface area contributed by atoms with Crippen LogP contribution in [-0.2, 0) is 6.18 Å². The first-order valence-corrected chi connectivity index (χ1v) is 7.45. The molecule has 2 heterocycles. The van der Waals surface area contributed by atoms with E-state index in [4.69, 9.17) is 0 Å². The molecule has 0 bridgehead atoms. The van der Waals surface area contributed by atoms with E-state index >= 15 is 0 Å². The third kappa shape index (κ3) is 2.73. The van der Waals surface area contributed by atoms with Gasteiger partial charge in [-0.2, -0.15) is 13.2 Å². The van der Waals surface area contributed by atoms with Crippen LogP contribution in [0.25, 0.3) is 28.1 Å². The van der Waals surface area contributed by atoms with Gasteiger partial charge in [0, 0.05) is 11.3 Å². The molecule has 0 aliphatic heterocycles. The van der Waals surface area contributed by atoms with Gasteiger partial charge in [-0.1, -0.05) is 30.3 Å². The predicted molar refractivity (Wildman–Crippen MR) is 87.1 cm³/mol. The molecule has 4 aromatic rings. The molecule has 0 spiro atoms. The number of nitrogens with zero attached hydrogens (tertiary/aromatic N) is 4. The number of alkyl halides is 3. The monoisotopic (exact) mass is 340 g/mol. The Morgan fingerprint density at radius 3 is 2.20 bits per heavy atom. The summed E-state index contributed by atoms with van der Waals surface area (Å²) < 4.78 is 39.8. The van der Waals surface area contributed by atoms with Gasteiger partial charge in [0.05, 0.1) is 5.56 Å². The topological polar surface area (TPSA) is 43.6 Å². The number of halogens is 3. The highest BCUT2D eigenvalue weighted by Gasteiger charge is 2.30. The van der Waals surface area contributed by atoms with Gasteiger partial charge in [0.15, 0.2) is 5.65 Å². The summed E-state index contributed by atoms with van der Waals surface area (Å²) >= 11 is 0. The van der Waals surface area contributed by atoms with Crippen LogP contribution in [0, 0.1) is 0 Å². The number of benzene rings is 2. The van der Waals surface area contributed by atoms with E-state index in [-0.39, 0.29) is 0 Å². The molecular formula is C18H11F3N4. The fourth-order valence-electron chi connectivity index (χ4n) is 2.64. The normalized spacial score (nSPS) is 11.8. The first kappa shape index (κ1) is 15.3. The van der Waals surface area contributed by atoms with Gasteiger partial charge in [-0.25, -0.2) is 15.0 Å². The Labute approximate surface area is 140 Å². The first-order valence-electron chi connectivity index (χ1n) is 7.45. The zero-order valence-electron chi connectivity index (χ0n) is 12.8. The van der Waals surface area contributed by atoms with Crippen molar-refractivity contribution in [1.82, 2.24) is 19.5 Å². The van der Waals surface area contributed by atoms with Gasteiger partial charge in [-0.05, 0) is 24.3 Å². The second-order valence-corrected chi connectivity index (χ2v) is 5.42. The van der Waals surface area contributed by atoms with Crippen LogP contribution < -0.4 is 0 Å². The Hall–Kier alpha value is -3.22. The van der Waals surface area contributed by atoms with Crippen molar-refractivity contribution in [2.75, 3.05) is 0 Å². The van der Waals surface area contributed by atoms with Gasteiger partial charge in [-0.15, -0.1) is 0 Å².